The highest BCUT2D eigenvalue weighted by atomic mass is 19.1. The van der Waals surface area contributed by atoms with Crippen molar-refractivity contribution in [1.82, 2.24) is 4.90 Å². The molecule has 2 unspecified atom stereocenters. The summed E-state index contributed by atoms with van der Waals surface area (Å²) < 4.78 is 19.3. The van der Waals surface area contributed by atoms with Crippen LogP contribution >= 0.6 is 0 Å². The van der Waals surface area contributed by atoms with E-state index in [1.807, 2.05) is 30.3 Å². The third-order valence-corrected chi connectivity index (χ3v) is 6.19. The molecule has 32 heavy (non-hydrogen) atoms. The van der Waals surface area contributed by atoms with E-state index in [9.17, 15) is 19.1 Å². The molecular formula is C26H22FNO4. The number of likely N-dealkylation sites (tertiary alicyclic amines) is 1. The van der Waals surface area contributed by atoms with Crippen LogP contribution in [-0.4, -0.2) is 41.0 Å². The van der Waals surface area contributed by atoms with Gasteiger partial charge < -0.3 is 14.7 Å². The number of hydrogen-bond acceptors (Lipinski definition) is 4. The normalized spacial score (nSPS) is 22.7. The van der Waals surface area contributed by atoms with Crippen LogP contribution in [0.2, 0.25) is 0 Å². The van der Waals surface area contributed by atoms with Crippen molar-refractivity contribution >= 4 is 28.2 Å². The predicted molar refractivity (Wildman–Crippen MR) is 118 cm³/mol. The zero-order valence-electron chi connectivity index (χ0n) is 17.3. The molecule has 3 aromatic rings. The first-order chi connectivity index (χ1) is 15.5. The van der Waals surface area contributed by atoms with Crippen molar-refractivity contribution in [3.8, 4) is 0 Å². The van der Waals surface area contributed by atoms with Crippen molar-refractivity contribution in [3.63, 3.8) is 0 Å². The zero-order valence-corrected chi connectivity index (χ0v) is 17.3. The van der Waals surface area contributed by atoms with E-state index in [4.69, 9.17) is 4.74 Å². The van der Waals surface area contributed by atoms with Gasteiger partial charge in [-0.3, -0.25) is 9.59 Å². The number of fused-ring (bicyclic) bond motifs is 1. The maximum absolute atomic E-state index is 13.6. The van der Waals surface area contributed by atoms with Crippen LogP contribution in [0, 0.1) is 5.82 Å². The number of hydrogen-bond donors (Lipinski definition) is 1. The standard InChI is InChI=1S/C26H22FNO4/c27-18-12-10-17(11-13-18)23-22(25(30)26(31)28(23)15-19-7-4-14-32-19)24(29)21-9-3-6-16-5-1-2-8-20(16)21/h1-3,5-6,8-13,19,23,29H,4,7,14-15H2/b24-22-. The molecule has 0 radical (unpaired) electrons. The van der Waals surface area contributed by atoms with Gasteiger partial charge in [0.25, 0.3) is 11.7 Å². The second kappa shape index (κ2) is 8.20. The molecule has 3 aromatic carbocycles. The fourth-order valence-corrected chi connectivity index (χ4v) is 4.64. The average molecular weight is 431 g/mol. The average Bonchev–Trinajstić information content (AvgIpc) is 3.41. The van der Waals surface area contributed by atoms with Crippen molar-refractivity contribution in [3.05, 3.63) is 89.2 Å². The Morgan fingerprint density at radius 1 is 1.03 bits per heavy atom. The molecule has 0 spiro atoms. The smallest absolute Gasteiger partial charge is 0.295 e. The molecular weight excluding hydrogens is 409 g/mol. The molecule has 6 heteroatoms. The van der Waals surface area contributed by atoms with Gasteiger partial charge in [-0.25, -0.2) is 4.39 Å². The molecule has 5 rings (SSSR count). The molecule has 0 bridgehead atoms. The van der Waals surface area contributed by atoms with Crippen LogP contribution < -0.4 is 0 Å². The molecule has 2 saturated heterocycles. The molecule has 2 fully saturated rings. The van der Waals surface area contributed by atoms with Gasteiger partial charge in [0, 0.05) is 18.7 Å². The maximum Gasteiger partial charge on any atom is 0.295 e. The lowest BCUT2D eigenvalue weighted by molar-refractivity contribution is -0.140. The summed E-state index contributed by atoms with van der Waals surface area (Å²) in [5, 5.41) is 13.0. The quantitative estimate of drug-likeness (QED) is 0.373. The minimum absolute atomic E-state index is 0.0101. The van der Waals surface area contributed by atoms with Crippen molar-refractivity contribution in [2.45, 2.75) is 25.0 Å². The maximum atomic E-state index is 13.6. The van der Waals surface area contributed by atoms with Crippen LogP contribution in [0.5, 0.6) is 0 Å². The predicted octanol–water partition coefficient (Wildman–Crippen LogP) is 4.58. The highest BCUT2D eigenvalue weighted by Crippen LogP contribution is 2.41. The molecule has 0 aliphatic carbocycles. The number of rotatable bonds is 4. The number of halogens is 1. The Hall–Kier alpha value is -3.51. The first kappa shape index (κ1) is 20.4. The first-order valence-electron chi connectivity index (χ1n) is 10.7. The number of aliphatic hydroxyl groups excluding tert-OH is 1. The number of carbonyl (C=O) groups is 2. The van der Waals surface area contributed by atoms with Crippen molar-refractivity contribution in [2.75, 3.05) is 13.2 Å². The third-order valence-electron chi connectivity index (χ3n) is 6.19. The second-order valence-electron chi connectivity index (χ2n) is 8.16. The Bertz CT molecular complexity index is 1220. The summed E-state index contributed by atoms with van der Waals surface area (Å²) in [5.41, 5.74) is 1.05. The highest BCUT2D eigenvalue weighted by molar-refractivity contribution is 6.46. The van der Waals surface area contributed by atoms with Gasteiger partial charge in [0.15, 0.2) is 0 Å². The van der Waals surface area contributed by atoms with Gasteiger partial charge in [0.1, 0.15) is 11.6 Å². The lowest BCUT2D eigenvalue weighted by Gasteiger charge is -2.27. The first-order valence-corrected chi connectivity index (χ1v) is 10.7. The Balaban J connectivity index is 1.68. The lowest BCUT2D eigenvalue weighted by Crippen LogP contribution is -2.36. The fourth-order valence-electron chi connectivity index (χ4n) is 4.64. The highest BCUT2D eigenvalue weighted by Gasteiger charge is 2.47. The number of ketones is 1. The molecule has 2 heterocycles. The summed E-state index contributed by atoms with van der Waals surface area (Å²) in [6, 6.07) is 17.8. The van der Waals surface area contributed by atoms with Gasteiger partial charge in [-0.05, 0) is 41.3 Å². The SMILES string of the molecule is O=C1C(=O)N(CC2CCCO2)C(c2ccc(F)cc2)/C1=C(/O)c1cccc2ccccc12. The number of aliphatic hydroxyl groups is 1. The topological polar surface area (TPSA) is 66.8 Å². The van der Waals surface area contributed by atoms with E-state index in [1.54, 1.807) is 24.3 Å². The van der Waals surface area contributed by atoms with Crippen molar-refractivity contribution in [2.24, 2.45) is 0 Å². The summed E-state index contributed by atoms with van der Waals surface area (Å²) in [7, 11) is 0. The van der Waals surface area contributed by atoms with E-state index in [-0.39, 0.29) is 24.0 Å². The molecule has 1 N–H and O–H groups in total. The summed E-state index contributed by atoms with van der Waals surface area (Å²) >= 11 is 0. The Kier molecular flexibility index (Phi) is 5.23. The number of Topliss-reactive ketones (excluding diaryl/α,β-unsaturated/α-hetero) is 1. The monoisotopic (exact) mass is 431 g/mol. The van der Waals surface area contributed by atoms with E-state index < -0.39 is 23.5 Å². The van der Waals surface area contributed by atoms with Crippen LogP contribution in [0.1, 0.15) is 30.0 Å². The number of amides is 1. The summed E-state index contributed by atoms with van der Waals surface area (Å²) in [6.07, 6.45) is 1.52. The molecule has 2 aliphatic rings. The minimum atomic E-state index is -0.821. The third kappa shape index (κ3) is 3.46. The largest absolute Gasteiger partial charge is 0.507 e. The van der Waals surface area contributed by atoms with E-state index >= 15 is 0 Å². The van der Waals surface area contributed by atoms with Gasteiger partial charge >= 0.3 is 0 Å². The van der Waals surface area contributed by atoms with Crippen molar-refractivity contribution in [1.29, 1.82) is 0 Å². The van der Waals surface area contributed by atoms with Gasteiger partial charge in [0.05, 0.1) is 17.7 Å². The van der Waals surface area contributed by atoms with E-state index in [0.29, 0.717) is 17.7 Å². The fraction of sp³-hybridized carbons (Fsp3) is 0.231. The van der Waals surface area contributed by atoms with Gasteiger partial charge in [-0.2, -0.15) is 0 Å². The number of benzene rings is 3. The van der Waals surface area contributed by atoms with Gasteiger partial charge in [-0.1, -0.05) is 54.6 Å². The summed E-state index contributed by atoms with van der Waals surface area (Å²) in [5.74, 6) is -2.08. The van der Waals surface area contributed by atoms with E-state index in [0.717, 1.165) is 23.6 Å². The molecule has 0 aromatic heterocycles. The van der Waals surface area contributed by atoms with Crippen LogP contribution in [0.15, 0.2) is 72.3 Å². The molecule has 0 saturated carbocycles. The zero-order chi connectivity index (χ0) is 22.2. The van der Waals surface area contributed by atoms with Gasteiger partial charge in [-0.15, -0.1) is 0 Å². The number of carbonyl (C=O) groups excluding carboxylic acids is 2. The minimum Gasteiger partial charge on any atom is -0.507 e. The lowest BCUT2D eigenvalue weighted by atomic mass is 9.93. The van der Waals surface area contributed by atoms with Crippen LogP contribution in [0.4, 0.5) is 4.39 Å². The molecule has 1 amide bonds. The van der Waals surface area contributed by atoms with Crippen LogP contribution in [0.25, 0.3) is 16.5 Å². The second-order valence-corrected chi connectivity index (χ2v) is 8.16. The molecule has 2 atom stereocenters. The van der Waals surface area contributed by atoms with E-state index in [2.05, 4.69) is 0 Å². The summed E-state index contributed by atoms with van der Waals surface area (Å²) in [6.45, 7) is 0.852. The Labute approximate surface area is 184 Å². The van der Waals surface area contributed by atoms with Crippen LogP contribution in [0.3, 0.4) is 0 Å². The Morgan fingerprint density at radius 2 is 1.78 bits per heavy atom. The molecule has 162 valence electrons. The molecule has 2 aliphatic heterocycles. The number of nitrogens with zero attached hydrogens (tertiary/aromatic N) is 1. The van der Waals surface area contributed by atoms with Gasteiger partial charge in [0.2, 0.25) is 0 Å². The Morgan fingerprint density at radius 3 is 2.53 bits per heavy atom. The van der Waals surface area contributed by atoms with E-state index in [1.165, 1.54) is 17.0 Å². The van der Waals surface area contributed by atoms with Crippen molar-refractivity contribution < 1.29 is 23.8 Å². The molecule has 5 nitrogen and oxygen atoms in total. The summed E-state index contributed by atoms with van der Waals surface area (Å²) in [4.78, 5) is 27.7. The van der Waals surface area contributed by atoms with Crippen LogP contribution in [-0.2, 0) is 14.3 Å². The number of ether oxygens (including phenoxy) is 1.